The number of hydrogen-bond acceptors (Lipinski definition) is 3. The molecule has 0 radical (unpaired) electrons. The van der Waals surface area contributed by atoms with Crippen LogP contribution in [0.5, 0.6) is 5.75 Å². The minimum absolute atomic E-state index is 0.0460. The van der Waals surface area contributed by atoms with Crippen LogP contribution in [-0.2, 0) is 17.8 Å². The van der Waals surface area contributed by atoms with E-state index >= 15 is 0 Å². The predicted molar refractivity (Wildman–Crippen MR) is 109 cm³/mol. The second-order valence-electron chi connectivity index (χ2n) is 7.37. The first-order valence-electron chi connectivity index (χ1n) is 9.88. The molecule has 0 aromatic heterocycles. The zero-order chi connectivity index (χ0) is 21.6. The number of hydrogen-bond donors (Lipinski definition) is 1. The number of nitrogens with zero attached hydrogens (tertiary/aromatic N) is 1. The summed E-state index contributed by atoms with van der Waals surface area (Å²) in [5.74, 6) is -0.686. The van der Waals surface area contributed by atoms with Gasteiger partial charge in [-0.25, -0.2) is 0 Å². The second-order valence-corrected chi connectivity index (χ2v) is 7.81. The molecule has 2 aromatic rings. The Kier molecular flexibility index (Phi) is 7.61. The van der Waals surface area contributed by atoms with Gasteiger partial charge in [-0.1, -0.05) is 48.0 Å². The highest BCUT2D eigenvalue weighted by Crippen LogP contribution is 2.29. The third kappa shape index (κ3) is 6.92. The molecule has 1 fully saturated rings. The average Bonchev–Trinajstić information content (AvgIpc) is 2.71. The van der Waals surface area contributed by atoms with E-state index in [2.05, 4.69) is 27.1 Å². The number of alkyl halides is 3. The maximum Gasteiger partial charge on any atom is 0.573 e. The third-order valence-corrected chi connectivity index (χ3v) is 5.46. The van der Waals surface area contributed by atoms with Gasteiger partial charge in [-0.2, -0.15) is 0 Å². The molecule has 0 bridgehead atoms. The molecule has 1 N–H and O–H groups in total. The van der Waals surface area contributed by atoms with Gasteiger partial charge in [0, 0.05) is 29.6 Å². The molecule has 1 aliphatic heterocycles. The molecule has 3 rings (SSSR count). The summed E-state index contributed by atoms with van der Waals surface area (Å²) in [4.78, 5) is 14.8. The molecular weight excluding hydrogens is 417 g/mol. The number of nitrogens with one attached hydrogen (secondary N) is 1. The van der Waals surface area contributed by atoms with Crippen LogP contribution in [0.3, 0.4) is 0 Å². The van der Waals surface area contributed by atoms with Crippen molar-refractivity contribution in [1.82, 2.24) is 10.2 Å². The highest BCUT2D eigenvalue weighted by Gasteiger charge is 2.32. The van der Waals surface area contributed by atoms with Gasteiger partial charge >= 0.3 is 6.36 Å². The Morgan fingerprint density at radius 2 is 1.83 bits per heavy atom. The summed E-state index contributed by atoms with van der Waals surface area (Å²) in [6.07, 6.45) is -2.40. The van der Waals surface area contributed by atoms with Crippen molar-refractivity contribution >= 4 is 17.5 Å². The van der Waals surface area contributed by atoms with Gasteiger partial charge < -0.3 is 15.0 Å². The van der Waals surface area contributed by atoms with E-state index in [1.165, 1.54) is 17.7 Å². The van der Waals surface area contributed by atoms with Crippen LogP contribution in [0.4, 0.5) is 13.2 Å². The van der Waals surface area contributed by atoms with Gasteiger partial charge in [0.15, 0.2) is 0 Å². The van der Waals surface area contributed by atoms with Crippen LogP contribution in [0, 0.1) is 5.92 Å². The van der Waals surface area contributed by atoms with Crippen molar-refractivity contribution in [3.05, 3.63) is 64.7 Å². The zero-order valence-corrected chi connectivity index (χ0v) is 17.2. The fourth-order valence-corrected chi connectivity index (χ4v) is 3.73. The van der Waals surface area contributed by atoms with Crippen molar-refractivity contribution in [3.63, 3.8) is 0 Å². The molecule has 162 valence electrons. The Balaban J connectivity index is 1.46. The normalized spacial score (nSPS) is 15.7. The second kappa shape index (κ2) is 10.2. The van der Waals surface area contributed by atoms with Crippen LogP contribution >= 0.6 is 11.6 Å². The predicted octanol–water partition coefficient (Wildman–Crippen LogP) is 4.81. The third-order valence-electron chi connectivity index (χ3n) is 5.23. The number of rotatable bonds is 7. The molecule has 0 aliphatic carbocycles. The van der Waals surface area contributed by atoms with E-state index in [-0.39, 0.29) is 29.0 Å². The van der Waals surface area contributed by atoms with Crippen molar-refractivity contribution in [2.24, 2.45) is 5.92 Å². The quantitative estimate of drug-likeness (QED) is 0.671. The topological polar surface area (TPSA) is 41.6 Å². The minimum atomic E-state index is -4.82. The van der Waals surface area contributed by atoms with Gasteiger partial charge in [0.1, 0.15) is 5.75 Å². The van der Waals surface area contributed by atoms with E-state index in [4.69, 9.17) is 11.6 Å². The zero-order valence-electron chi connectivity index (χ0n) is 16.4. The number of amides is 1. The summed E-state index contributed by atoms with van der Waals surface area (Å²) in [5, 5.41) is 2.87. The lowest BCUT2D eigenvalue weighted by molar-refractivity contribution is -0.274. The number of ether oxygens (including phenoxy) is 1. The van der Waals surface area contributed by atoms with Gasteiger partial charge in [0.25, 0.3) is 0 Å². The van der Waals surface area contributed by atoms with E-state index in [1.807, 2.05) is 18.2 Å². The molecule has 30 heavy (non-hydrogen) atoms. The summed E-state index contributed by atoms with van der Waals surface area (Å²) in [6, 6.07) is 14.3. The Bertz CT molecular complexity index is 838. The number of likely N-dealkylation sites (tertiary alicyclic amines) is 1. The van der Waals surface area contributed by atoms with Gasteiger partial charge in [0.05, 0.1) is 0 Å². The Morgan fingerprint density at radius 3 is 2.50 bits per heavy atom. The van der Waals surface area contributed by atoms with Crippen LogP contribution < -0.4 is 10.1 Å². The molecule has 1 heterocycles. The van der Waals surface area contributed by atoms with Crippen molar-refractivity contribution in [2.75, 3.05) is 19.6 Å². The van der Waals surface area contributed by atoms with E-state index in [1.54, 1.807) is 0 Å². The van der Waals surface area contributed by atoms with E-state index in [0.717, 1.165) is 45.0 Å². The molecule has 0 saturated carbocycles. The van der Waals surface area contributed by atoms with Crippen LogP contribution in [0.1, 0.15) is 24.0 Å². The van der Waals surface area contributed by atoms with Crippen molar-refractivity contribution < 1.29 is 22.7 Å². The summed E-state index contributed by atoms with van der Waals surface area (Å²) < 4.78 is 41.8. The maximum absolute atomic E-state index is 12.6. The first-order valence-corrected chi connectivity index (χ1v) is 10.3. The first-order chi connectivity index (χ1) is 14.3. The SMILES string of the molecule is O=C(NCc1ccc(Cl)cc1OC(F)(F)F)C1CCN(CCc2ccccc2)CC1. The van der Waals surface area contributed by atoms with Gasteiger partial charge in [-0.05, 0) is 50.0 Å². The van der Waals surface area contributed by atoms with Crippen LogP contribution in [0.2, 0.25) is 5.02 Å². The maximum atomic E-state index is 12.6. The van der Waals surface area contributed by atoms with Crippen molar-refractivity contribution in [2.45, 2.75) is 32.2 Å². The van der Waals surface area contributed by atoms with E-state index in [9.17, 15) is 18.0 Å². The first kappa shape index (κ1) is 22.4. The van der Waals surface area contributed by atoms with Crippen molar-refractivity contribution in [3.8, 4) is 5.75 Å². The Labute approximate surface area is 179 Å². The van der Waals surface area contributed by atoms with Gasteiger partial charge in [0.2, 0.25) is 5.91 Å². The molecule has 1 aliphatic rings. The van der Waals surface area contributed by atoms with E-state index in [0.29, 0.717) is 0 Å². The number of halogens is 4. The fourth-order valence-electron chi connectivity index (χ4n) is 3.57. The summed E-state index contributed by atoms with van der Waals surface area (Å²) in [7, 11) is 0. The molecule has 0 unspecified atom stereocenters. The standard InChI is InChI=1S/C22H24ClF3N2O2/c23-19-7-6-18(20(14-19)30-22(24,25)26)15-27-21(29)17-9-12-28(13-10-17)11-8-16-4-2-1-3-5-16/h1-7,14,17H,8-13,15H2,(H,27,29). The van der Waals surface area contributed by atoms with Crippen molar-refractivity contribution in [1.29, 1.82) is 0 Å². The molecule has 1 saturated heterocycles. The summed E-state index contributed by atoms with van der Waals surface area (Å²) in [6.45, 7) is 2.56. The molecule has 8 heteroatoms. The highest BCUT2D eigenvalue weighted by molar-refractivity contribution is 6.30. The number of piperidine rings is 1. The average molecular weight is 441 g/mol. The number of carbonyl (C=O) groups is 1. The minimum Gasteiger partial charge on any atom is -0.405 e. The van der Waals surface area contributed by atoms with Crippen LogP contribution in [-0.4, -0.2) is 36.8 Å². The van der Waals surface area contributed by atoms with Crippen LogP contribution in [0.15, 0.2) is 48.5 Å². The monoisotopic (exact) mass is 440 g/mol. The molecule has 2 aromatic carbocycles. The lowest BCUT2D eigenvalue weighted by Crippen LogP contribution is -2.41. The largest absolute Gasteiger partial charge is 0.573 e. The lowest BCUT2D eigenvalue weighted by Gasteiger charge is -2.31. The fraction of sp³-hybridized carbons (Fsp3) is 0.409. The number of carbonyl (C=O) groups excluding carboxylic acids is 1. The van der Waals surface area contributed by atoms with Gasteiger partial charge in [-0.3, -0.25) is 4.79 Å². The van der Waals surface area contributed by atoms with Gasteiger partial charge in [-0.15, -0.1) is 13.2 Å². The molecular formula is C22H24ClF3N2O2. The highest BCUT2D eigenvalue weighted by atomic mass is 35.5. The smallest absolute Gasteiger partial charge is 0.405 e. The van der Waals surface area contributed by atoms with Crippen LogP contribution in [0.25, 0.3) is 0 Å². The molecule has 0 spiro atoms. The molecule has 1 amide bonds. The molecule has 0 atom stereocenters. The lowest BCUT2D eigenvalue weighted by atomic mass is 9.95. The summed E-state index contributed by atoms with van der Waals surface area (Å²) in [5.41, 5.74) is 1.52. The molecule has 4 nitrogen and oxygen atoms in total. The van der Waals surface area contributed by atoms with E-state index < -0.39 is 12.1 Å². The Morgan fingerprint density at radius 1 is 1.13 bits per heavy atom. The summed E-state index contributed by atoms with van der Waals surface area (Å²) >= 11 is 5.77. The number of benzene rings is 2. The Hall–Kier alpha value is -2.25.